The lowest BCUT2D eigenvalue weighted by Gasteiger charge is -2.28. The molecule has 0 bridgehead atoms. The Hall–Kier alpha value is -2.29. The molecule has 0 aromatic carbocycles. The number of aromatic nitrogens is 5. The van der Waals surface area contributed by atoms with Crippen LogP contribution in [-0.2, 0) is 6.42 Å². The summed E-state index contributed by atoms with van der Waals surface area (Å²) in [5, 5.41) is 4.57. The molecule has 0 saturated carbocycles. The summed E-state index contributed by atoms with van der Waals surface area (Å²) >= 11 is 8.04. The summed E-state index contributed by atoms with van der Waals surface area (Å²) in [6, 6.07) is 1.94. The minimum Gasteiger partial charge on any atom is -0.471 e. The number of nitrogens with one attached hydrogen (secondary N) is 1. The fourth-order valence-electron chi connectivity index (χ4n) is 3.18. The lowest BCUT2D eigenvalue weighted by atomic mass is 10.2. The molecule has 3 aromatic heterocycles. The summed E-state index contributed by atoms with van der Waals surface area (Å²) in [6.07, 6.45) is 6.79. The molecule has 0 spiro atoms. The third-order valence-electron chi connectivity index (χ3n) is 4.80. The molecule has 7 nitrogen and oxygen atoms in total. The SMILES string of the molecule is CCC1=C(Cl)c2c(nc(Sc3cnc4nccnc4c3)nc2OC2CNC2)C1. The molecule has 9 heteroatoms. The molecule has 5 rings (SSSR count). The Morgan fingerprint density at radius 1 is 1.21 bits per heavy atom. The van der Waals surface area contributed by atoms with E-state index >= 15 is 0 Å². The van der Waals surface area contributed by atoms with E-state index in [2.05, 4.69) is 32.2 Å². The lowest BCUT2D eigenvalue weighted by molar-refractivity contribution is 0.134. The van der Waals surface area contributed by atoms with E-state index < -0.39 is 0 Å². The third-order valence-corrected chi connectivity index (χ3v) is 6.08. The molecule has 1 saturated heterocycles. The van der Waals surface area contributed by atoms with Crippen LogP contribution in [0.1, 0.15) is 24.6 Å². The van der Waals surface area contributed by atoms with Gasteiger partial charge in [-0.3, -0.25) is 4.98 Å². The predicted octanol–water partition coefficient (Wildman–Crippen LogP) is 3.23. The monoisotopic (exact) mass is 412 g/mol. The normalized spacial score (nSPS) is 16.4. The molecule has 28 heavy (non-hydrogen) atoms. The molecule has 1 N–H and O–H groups in total. The number of hydrogen-bond acceptors (Lipinski definition) is 8. The molecule has 2 aliphatic rings. The van der Waals surface area contributed by atoms with Gasteiger partial charge in [-0.2, -0.15) is 4.98 Å². The number of nitrogens with zero attached hydrogens (tertiary/aromatic N) is 5. The van der Waals surface area contributed by atoms with E-state index in [0.717, 1.165) is 52.6 Å². The molecule has 0 amide bonds. The van der Waals surface area contributed by atoms with Gasteiger partial charge in [0.25, 0.3) is 0 Å². The summed E-state index contributed by atoms with van der Waals surface area (Å²) in [5.41, 5.74) is 4.30. The molecule has 0 unspecified atom stereocenters. The van der Waals surface area contributed by atoms with E-state index in [-0.39, 0.29) is 6.10 Å². The highest BCUT2D eigenvalue weighted by Gasteiger charge is 2.29. The molecule has 1 fully saturated rings. The van der Waals surface area contributed by atoms with E-state index in [4.69, 9.17) is 21.3 Å². The molecule has 4 heterocycles. The summed E-state index contributed by atoms with van der Waals surface area (Å²) in [7, 11) is 0. The van der Waals surface area contributed by atoms with Gasteiger partial charge >= 0.3 is 0 Å². The van der Waals surface area contributed by atoms with Crippen LogP contribution < -0.4 is 10.1 Å². The Labute approximate surface area is 171 Å². The molecule has 1 aliphatic carbocycles. The van der Waals surface area contributed by atoms with Crippen LogP contribution in [-0.4, -0.2) is 44.1 Å². The standard InChI is InChI=1S/C19H17ClN6OS/c1-2-10-5-13-15(16(10)20)18(27-11-7-21-8-11)26-19(25-13)28-12-6-14-17(24-9-12)23-4-3-22-14/h3-4,6,9,11,21H,2,5,7-8H2,1H3. The number of halogens is 1. The quantitative estimate of drug-likeness (QED) is 0.639. The van der Waals surface area contributed by atoms with Crippen molar-refractivity contribution in [3.63, 3.8) is 0 Å². The van der Waals surface area contributed by atoms with Crippen LogP contribution in [0.3, 0.4) is 0 Å². The lowest BCUT2D eigenvalue weighted by Crippen LogP contribution is -2.50. The minimum absolute atomic E-state index is 0.115. The zero-order chi connectivity index (χ0) is 19.1. The average molecular weight is 413 g/mol. The number of ether oxygens (including phenoxy) is 1. The van der Waals surface area contributed by atoms with Crippen LogP contribution in [0.4, 0.5) is 0 Å². The highest BCUT2D eigenvalue weighted by atomic mass is 35.5. The number of fused-ring (bicyclic) bond motifs is 2. The Balaban J connectivity index is 1.50. The van der Waals surface area contributed by atoms with Gasteiger partial charge in [-0.15, -0.1) is 0 Å². The van der Waals surface area contributed by atoms with Crippen molar-refractivity contribution in [2.75, 3.05) is 13.1 Å². The topological polar surface area (TPSA) is 85.7 Å². The number of hydrogen-bond donors (Lipinski definition) is 1. The van der Waals surface area contributed by atoms with E-state index in [1.54, 1.807) is 18.6 Å². The van der Waals surface area contributed by atoms with Gasteiger partial charge in [-0.05, 0) is 29.8 Å². The third kappa shape index (κ3) is 3.21. The summed E-state index contributed by atoms with van der Waals surface area (Å²) in [5.74, 6) is 0.570. The molecule has 1 aliphatic heterocycles. The van der Waals surface area contributed by atoms with E-state index in [1.807, 2.05) is 6.07 Å². The first kappa shape index (κ1) is 17.8. The second kappa shape index (κ2) is 7.27. The zero-order valence-electron chi connectivity index (χ0n) is 15.1. The van der Waals surface area contributed by atoms with Crippen molar-refractivity contribution < 1.29 is 4.74 Å². The van der Waals surface area contributed by atoms with Crippen molar-refractivity contribution in [3.05, 3.63) is 41.5 Å². The molecular weight excluding hydrogens is 396 g/mol. The maximum atomic E-state index is 6.61. The zero-order valence-corrected chi connectivity index (χ0v) is 16.7. The summed E-state index contributed by atoms with van der Waals surface area (Å²) in [6.45, 7) is 3.73. The van der Waals surface area contributed by atoms with E-state index in [0.29, 0.717) is 16.7 Å². The molecule has 142 valence electrons. The van der Waals surface area contributed by atoms with Gasteiger partial charge in [0.2, 0.25) is 5.88 Å². The highest BCUT2D eigenvalue weighted by Crippen LogP contribution is 2.42. The van der Waals surface area contributed by atoms with Crippen molar-refractivity contribution in [1.29, 1.82) is 0 Å². The van der Waals surface area contributed by atoms with Crippen molar-refractivity contribution in [1.82, 2.24) is 30.2 Å². The number of allylic oxidation sites excluding steroid dienone is 1. The maximum absolute atomic E-state index is 6.61. The number of rotatable bonds is 5. The fraction of sp³-hybridized carbons (Fsp3) is 0.316. The number of pyridine rings is 1. The maximum Gasteiger partial charge on any atom is 0.227 e. The van der Waals surface area contributed by atoms with Crippen molar-refractivity contribution in [3.8, 4) is 5.88 Å². The average Bonchev–Trinajstić information content (AvgIpc) is 3.00. The van der Waals surface area contributed by atoms with Gasteiger partial charge in [-0.25, -0.2) is 15.0 Å². The Morgan fingerprint density at radius 3 is 2.86 bits per heavy atom. The van der Waals surface area contributed by atoms with Crippen LogP contribution in [0.25, 0.3) is 16.2 Å². The smallest absolute Gasteiger partial charge is 0.227 e. The van der Waals surface area contributed by atoms with Gasteiger partial charge in [0, 0.05) is 43.0 Å². The fourth-order valence-corrected chi connectivity index (χ4v) is 4.34. The Kier molecular flexibility index (Phi) is 4.62. The Bertz CT molecular complexity index is 1100. The van der Waals surface area contributed by atoms with Gasteiger partial charge in [-0.1, -0.05) is 18.5 Å². The minimum atomic E-state index is 0.115. The molecule has 0 radical (unpaired) electrons. The van der Waals surface area contributed by atoms with Gasteiger partial charge in [0.15, 0.2) is 10.8 Å². The second-order valence-corrected chi connectivity index (χ2v) is 8.07. The van der Waals surface area contributed by atoms with Crippen molar-refractivity contribution >= 4 is 39.6 Å². The van der Waals surface area contributed by atoms with Gasteiger partial charge < -0.3 is 10.1 Å². The first-order valence-corrected chi connectivity index (χ1v) is 10.3. The molecule has 0 atom stereocenters. The highest BCUT2D eigenvalue weighted by molar-refractivity contribution is 7.99. The molecular formula is C19H17ClN6OS. The van der Waals surface area contributed by atoms with Crippen LogP contribution in [0.5, 0.6) is 5.88 Å². The molecule has 3 aromatic rings. The summed E-state index contributed by atoms with van der Waals surface area (Å²) < 4.78 is 6.12. The van der Waals surface area contributed by atoms with Crippen LogP contribution >= 0.6 is 23.4 Å². The Morgan fingerprint density at radius 2 is 2.07 bits per heavy atom. The van der Waals surface area contributed by atoms with Crippen molar-refractivity contribution in [2.45, 2.75) is 35.9 Å². The van der Waals surface area contributed by atoms with Crippen LogP contribution in [0.15, 0.2) is 40.3 Å². The summed E-state index contributed by atoms with van der Waals surface area (Å²) in [4.78, 5) is 23.2. The first-order valence-electron chi connectivity index (χ1n) is 9.12. The van der Waals surface area contributed by atoms with Crippen LogP contribution in [0, 0.1) is 0 Å². The second-order valence-electron chi connectivity index (χ2n) is 6.65. The first-order chi connectivity index (χ1) is 13.7. The van der Waals surface area contributed by atoms with Crippen molar-refractivity contribution in [2.24, 2.45) is 0 Å². The van der Waals surface area contributed by atoms with E-state index in [9.17, 15) is 0 Å². The predicted molar refractivity (Wildman–Crippen MR) is 108 cm³/mol. The van der Waals surface area contributed by atoms with Gasteiger partial charge in [0.05, 0.1) is 16.3 Å². The largest absolute Gasteiger partial charge is 0.471 e. The van der Waals surface area contributed by atoms with Gasteiger partial charge in [0.1, 0.15) is 11.6 Å². The van der Waals surface area contributed by atoms with E-state index in [1.165, 1.54) is 17.3 Å². The van der Waals surface area contributed by atoms with Crippen LogP contribution in [0.2, 0.25) is 0 Å².